The number of hydrogen-bond donors (Lipinski definition) is 2. The summed E-state index contributed by atoms with van der Waals surface area (Å²) in [6.45, 7) is 5.79. The molecule has 1 aromatic carbocycles. The molecule has 0 unspecified atom stereocenters. The minimum atomic E-state index is -0.300. The Bertz CT molecular complexity index is 895. The van der Waals surface area contributed by atoms with E-state index in [0.29, 0.717) is 17.1 Å². The summed E-state index contributed by atoms with van der Waals surface area (Å²) in [5, 5.41) is 13.9. The average Bonchev–Trinajstić information content (AvgIpc) is 3.23. The van der Waals surface area contributed by atoms with E-state index in [2.05, 4.69) is 20.7 Å². The van der Waals surface area contributed by atoms with Crippen LogP contribution in [-0.4, -0.2) is 28.4 Å². The maximum absolute atomic E-state index is 12.5. The van der Waals surface area contributed by atoms with Gasteiger partial charge in [-0.2, -0.15) is 5.10 Å². The minimum absolute atomic E-state index is 0.0870. The van der Waals surface area contributed by atoms with Gasteiger partial charge in [0, 0.05) is 11.1 Å². The van der Waals surface area contributed by atoms with Crippen molar-refractivity contribution in [3.05, 3.63) is 47.3 Å². The maximum Gasteiger partial charge on any atom is 0.262 e. The molecular weight excluding hydrogens is 320 g/mol. The maximum atomic E-state index is 12.5. The van der Waals surface area contributed by atoms with Gasteiger partial charge in [-0.3, -0.25) is 9.89 Å². The molecule has 1 amide bonds. The van der Waals surface area contributed by atoms with Crippen molar-refractivity contribution in [2.75, 3.05) is 12.4 Å². The Labute approximate surface area is 145 Å². The Kier molecular flexibility index (Phi) is 4.56. The zero-order chi connectivity index (χ0) is 18.0. The van der Waals surface area contributed by atoms with E-state index in [9.17, 15) is 4.79 Å². The number of para-hydroxylation sites is 1. The van der Waals surface area contributed by atoms with Crippen LogP contribution in [0, 0.1) is 6.92 Å². The largest absolute Gasteiger partial charge is 0.496 e. The van der Waals surface area contributed by atoms with Gasteiger partial charge in [0.2, 0.25) is 0 Å². The molecule has 2 heterocycles. The summed E-state index contributed by atoms with van der Waals surface area (Å²) in [6.07, 6.45) is 1.35. The second kappa shape index (κ2) is 6.80. The molecule has 0 saturated heterocycles. The Morgan fingerprint density at radius 3 is 2.80 bits per heavy atom. The topological polar surface area (TPSA) is 93.0 Å². The van der Waals surface area contributed by atoms with Crippen LogP contribution in [0.3, 0.4) is 0 Å². The van der Waals surface area contributed by atoms with Gasteiger partial charge in [-0.15, -0.1) is 0 Å². The van der Waals surface area contributed by atoms with Crippen molar-refractivity contribution in [3.63, 3.8) is 0 Å². The summed E-state index contributed by atoms with van der Waals surface area (Å²) in [6, 6.07) is 7.63. The highest BCUT2D eigenvalue weighted by atomic mass is 16.5. The first kappa shape index (κ1) is 16.8. The average molecular weight is 340 g/mol. The summed E-state index contributed by atoms with van der Waals surface area (Å²) in [5.41, 5.74) is 3.53. The van der Waals surface area contributed by atoms with Gasteiger partial charge in [-0.05, 0) is 25.0 Å². The molecule has 2 aromatic heterocycles. The second-order valence-corrected chi connectivity index (χ2v) is 5.99. The first-order valence-electron chi connectivity index (χ1n) is 7.96. The van der Waals surface area contributed by atoms with E-state index in [4.69, 9.17) is 9.26 Å². The molecular formula is C18H20N4O3. The van der Waals surface area contributed by atoms with Crippen molar-refractivity contribution < 1.29 is 14.1 Å². The molecule has 7 heteroatoms. The zero-order valence-electron chi connectivity index (χ0n) is 14.6. The number of methoxy groups -OCH3 is 1. The predicted molar refractivity (Wildman–Crippen MR) is 93.9 cm³/mol. The zero-order valence-corrected chi connectivity index (χ0v) is 14.6. The monoisotopic (exact) mass is 340 g/mol. The smallest absolute Gasteiger partial charge is 0.262 e. The van der Waals surface area contributed by atoms with Crippen molar-refractivity contribution in [2.24, 2.45) is 0 Å². The van der Waals surface area contributed by atoms with E-state index in [1.54, 1.807) is 7.11 Å². The van der Waals surface area contributed by atoms with Crippen LogP contribution in [0.5, 0.6) is 5.75 Å². The number of nitrogens with zero attached hydrogens (tertiary/aromatic N) is 2. The van der Waals surface area contributed by atoms with Gasteiger partial charge in [0.25, 0.3) is 5.91 Å². The predicted octanol–water partition coefficient (Wildman–Crippen LogP) is 3.76. The standard InChI is InChI=1S/C18H20N4O3/c1-10(2)15-13(9-25-22-15)18(23)19-17-11(3)16(20-21-17)12-7-5-6-8-14(12)24-4/h5-10H,1-4H3,(H2,19,20,21,23). The number of benzene rings is 1. The number of rotatable bonds is 5. The molecule has 0 radical (unpaired) electrons. The van der Waals surface area contributed by atoms with Crippen LogP contribution in [-0.2, 0) is 0 Å². The highest BCUT2D eigenvalue weighted by Crippen LogP contribution is 2.33. The first-order chi connectivity index (χ1) is 12.0. The van der Waals surface area contributed by atoms with Crippen LogP contribution in [0.4, 0.5) is 5.82 Å². The van der Waals surface area contributed by atoms with Gasteiger partial charge in [0.15, 0.2) is 5.82 Å². The number of H-pyrrole nitrogens is 1. The lowest BCUT2D eigenvalue weighted by Gasteiger charge is -2.07. The van der Waals surface area contributed by atoms with Crippen LogP contribution in [0.1, 0.15) is 41.4 Å². The Morgan fingerprint density at radius 1 is 1.32 bits per heavy atom. The van der Waals surface area contributed by atoms with Crippen molar-refractivity contribution in [2.45, 2.75) is 26.7 Å². The lowest BCUT2D eigenvalue weighted by atomic mass is 10.1. The molecule has 7 nitrogen and oxygen atoms in total. The quantitative estimate of drug-likeness (QED) is 0.738. The molecule has 0 spiro atoms. The third kappa shape index (κ3) is 3.13. The molecule has 2 N–H and O–H groups in total. The molecule has 130 valence electrons. The molecule has 0 bridgehead atoms. The van der Waals surface area contributed by atoms with Gasteiger partial charge in [0.1, 0.15) is 17.6 Å². The van der Waals surface area contributed by atoms with Crippen LogP contribution in [0.2, 0.25) is 0 Å². The Morgan fingerprint density at radius 2 is 2.08 bits per heavy atom. The molecule has 0 fully saturated rings. The molecule has 3 rings (SSSR count). The third-order valence-corrected chi connectivity index (χ3v) is 4.01. The van der Waals surface area contributed by atoms with E-state index in [1.807, 2.05) is 45.0 Å². The molecule has 3 aromatic rings. The van der Waals surface area contributed by atoms with Gasteiger partial charge >= 0.3 is 0 Å². The molecule has 0 aliphatic carbocycles. The fourth-order valence-electron chi connectivity index (χ4n) is 2.64. The SMILES string of the molecule is COc1ccccc1-c1[nH]nc(NC(=O)c2conc2C(C)C)c1C. The van der Waals surface area contributed by atoms with E-state index >= 15 is 0 Å². The van der Waals surface area contributed by atoms with Crippen molar-refractivity contribution >= 4 is 11.7 Å². The van der Waals surface area contributed by atoms with Crippen LogP contribution < -0.4 is 10.1 Å². The van der Waals surface area contributed by atoms with Gasteiger partial charge in [-0.1, -0.05) is 31.1 Å². The fourth-order valence-corrected chi connectivity index (χ4v) is 2.64. The number of carbonyl (C=O) groups is 1. The second-order valence-electron chi connectivity index (χ2n) is 5.99. The van der Waals surface area contributed by atoms with Crippen LogP contribution >= 0.6 is 0 Å². The van der Waals surface area contributed by atoms with Crippen molar-refractivity contribution in [3.8, 4) is 17.0 Å². The molecule has 0 aliphatic heterocycles. The summed E-state index contributed by atoms with van der Waals surface area (Å²) in [7, 11) is 1.62. The third-order valence-electron chi connectivity index (χ3n) is 4.01. The number of nitrogens with one attached hydrogen (secondary N) is 2. The molecule has 0 saturated carbocycles. The summed E-state index contributed by atoms with van der Waals surface area (Å²) in [5.74, 6) is 0.977. The van der Waals surface area contributed by atoms with Crippen LogP contribution in [0.15, 0.2) is 35.1 Å². The highest BCUT2D eigenvalue weighted by Gasteiger charge is 2.21. The van der Waals surface area contributed by atoms with Crippen molar-refractivity contribution in [1.82, 2.24) is 15.4 Å². The lowest BCUT2D eigenvalue weighted by Crippen LogP contribution is -2.14. The molecule has 0 atom stereocenters. The number of amides is 1. The fraction of sp³-hybridized carbons (Fsp3) is 0.278. The van der Waals surface area contributed by atoms with E-state index in [0.717, 1.165) is 22.6 Å². The number of ether oxygens (including phenoxy) is 1. The number of aromatic amines is 1. The number of aromatic nitrogens is 3. The minimum Gasteiger partial charge on any atom is -0.496 e. The Balaban J connectivity index is 1.89. The summed E-state index contributed by atoms with van der Waals surface area (Å²) >= 11 is 0. The lowest BCUT2D eigenvalue weighted by molar-refractivity contribution is 0.102. The summed E-state index contributed by atoms with van der Waals surface area (Å²) in [4.78, 5) is 12.5. The van der Waals surface area contributed by atoms with Gasteiger partial charge in [-0.25, -0.2) is 0 Å². The van der Waals surface area contributed by atoms with Gasteiger partial charge < -0.3 is 14.6 Å². The van der Waals surface area contributed by atoms with Gasteiger partial charge in [0.05, 0.1) is 18.5 Å². The Hall–Kier alpha value is -3.09. The summed E-state index contributed by atoms with van der Waals surface area (Å²) < 4.78 is 10.3. The normalized spacial score (nSPS) is 10.9. The van der Waals surface area contributed by atoms with E-state index in [-0.39, 0.29) is 11.8 Å². The van der Waals surface area contributed by atoms with E-state index < -0.39 is 0 Å². The molecule has 25 heavy (non-hydrogen) atoms. The number of anilines is 1. The number of carbonyl (C=O) groups excluding carboxylic acids is 1. The number of hydrogen-bond acceptors (Lipinski definition) is 5. The van der Waals surface area contributed by atoms with Crippen molar-refractivity contribution in [1.29, 1.82) is 0 Å². The van der Waals surface area contributed by atoms with E-state index in [1.165, 1.54) is 6.26 Å². The van der Waals surface area contributed by atoms with Crippen LogP contribution in [0.25, 0.3) is 11.3 Å². The first-order valence-corrected chi connectivity index (χ1v) is 7.96. The molecule has 0 aliphatic rings. The highest BCUT2D eigenvalue weighted by molar-refractivity contribution is 6.05.